The van der Waals surface area contributed by atoms with Crippen LogP contribution in [0.2, 0.25) is 0 Å². The second-order valence-corrected chi connectivity index (χ2v) is 4.83. The Kier molecular flexibility index (Phi) is 2.07. The van der Waals surface area contributed by atoms with E-state index in [9.17, 15) is 9.18 Å². The van der Waals surface area contributed by atoms with Gasteiger partial charge in [0.05, 0.1) is 6.54 Å². The molecule has 80 valence electrons. The van der Waals surface area contributed by atoms with E-state index in [4.69, 9.17) is 0 Å². The van der Waals surface area contributed by atoms with E-state index in [1.54, 1.807) is 17.0 Å². The summed E-state index contributed by atoms with van der Waals surface area (Å²) in [4.78, 5) is 13.7. The van der Waals surface area contributed by atoms with E-state index >= 15 is 0 Å². The van der Waals surface area contributed by atoms with Crippen molar-refractivity contribution in [2.24, 2.45) is 0 Å². The molecule has 0 saturated carbocycles. The molecule has 1 amide bonds. The van der Waals surface area contributed by atoms with Crippen molar-refractivity contribution in [2.45, 2.75) is 32.9 Å². The van der Waals surface area contributed by atoms with Crippen LogP contribution in [0, 0.1) is 5.82 Å². The lowest BCUT2D eigenvalue weighted by Gasteiger charge is -2.31. The number of benzene rings is 1. The Morgan fingerprint density at radius 2 is 2.00 bits per heavy atom. The van der Waals surface area contributed by atoms with E-state index in [0.717, 1.165) is 0 Å². The third-order valence-electron chi connectivity index (χ3n) is 2.72. The van der Waals surface area contributed by atoms with Gasteiger partial charge in [-0.15, -0.1) is 0 Å². The quantitative estimate of drug-likeness (QED) is 0.640. The number of nitrogens with zero attached hydrogens (tertiary/aromatic N) is 1. The third kappa shape index (κ3) is 1.52. The van der Waals surface area contributed by atoms with Crippen molar-refractivity contribution in [2.75, 3.05) is 0 Å². The van der Waals surface area contributed by atoms with Crippen molar-refractivity contribution in [3.05, 3.63) is 35.1 Å². The summed E-state index contributed by atoms with van der Waals surface area (Å²) >= 11 is 0. The van der Waals surface area contributed by atoms with E-state index in [1.807, 2.05) is 20.8 Å². The Labute approximate surface area is 88.7 Å². The van der Waals surface area contributed by atoms with Crippen molar-refractivity contribution < 1.29 is 9.18 Å². The van der Waals surface area contributed by atoms with Gasteiger partial charge in [-0.3, -0.25) is 4.79 Å². The molecule has 1 aromatic carbocycles. The van der Waals surface area contributed by atoms with Gasteiger partial charge in [0.25, 0.3) is 5.91 Å². The Bertz CT molecular complexity index is 420. The molecule has 0 unspecified atom stereocenters. The zero-order valence-corrected chi connectivity index (χ0v) is 9.17. The van der Waals surface area contributed by atoms with Crippen molar-refractivity contribution in [1.29, 1.82) is 0 Å². The smallest absolute Gasteiger partial charge is 0.255 e. The van der Waals surface area contributed by atoms with E-state index < -0.39 is 0 Å². The summed E-state index contributed by atoms with van der Waals surface area (Å²) in [7, 11) is 0. The zero-order chi connectivity index (χ0) is 11.2. The van der Waals surface area contributed by atoms with Gasteiger partial charge in [0.2, 0.25) is 0 Å². The molecule has 0 fully saturated rings. The molecule has 0 spiro atoms. The van der Waals surface area contributed by atoms with Crippen molar-refractivity contribution in [3.63, 3.8) is 0 Å². The molecule has 1 aliphatic rings. The topological polar surface area (TPSA) is 20.3 Å². The number of carbonyl (C=O) groups is 1. The highest BCUT2D eigenvalue weighted by Crippen LogP contribution is 2.30. The number of carbonyl (C=O) groups excluding carboxylic acids is 1. The van der Waals surface area contributed by atoms with Gasteiger partial charge >= 0.3 is 0 Å². The average molecular weight is 207 g/mol. The van der Waals surface area contributed by atoms with Crippen LogP contribution in [-0.4, -0.2) is 16.3 Å². The molecule has 1 heterocycles. The third-order valence-corrected chi connectivity index (χ3v) is 2.72. The Hall–Kier alpha value is -1.38. The minimum Gasteiger partial charge on any atom is -0.329 e. The Balaban J connectivity index is 2.46. The molecular weight excluding hydrogens is 193 g/mol. The lowest BCUT2D eigenvalue weighted by molar-refractivity contribution is 0.0609. The van der Waals surface area contributed by atoms with Crippen LogP contribution in [0.15, 0.2) is 18.2 Å². The summed E-state index contributed by atoms with van der Waals surface area (Å²) in [5.74, 6) is -0.357. The first-order valence-electron chi connectivity index (χ1n) is 5.00. The summed E-state index contributed by atoms with van der Waals surface area (Å²) in [5, 5.41) is 0. The molecule has 0 radical (unpaired) electrons. The molecule has 0 atom stereocenters. The number of hydrogen-bond acceptors (Lipinski definition) is 1. The number of fused-ring (bicyclic) bond motifs is 1. The van der Waals surface area contributed by atoms with Crippen LogP contribution in [0.4, 0.5) is 4.39 Å². The maximum Gasteiger partial charge on any atom is 0.255 e. The molecule has 0 aromatic heterocycles. The molecule has 1 aromatic rings. The van der Waals surface area contributed by atoms with Crippen molar-refractivity contribution >= 4 is 5.91 Å². The minimum atomic E-state index is -0.285. The van der Waals surface area contributed by atoms with Gasteiger partial charge in [0, 0.05) is 16.7 Å². The van der Waals surface area contributed by atoms with Gasteiger partial charge in [-0.25, -0.2) is 4.39 Å². The predicted octanol–water partition coefficient (Wildman–Crippen LogP) is 2.58. The fourth-order valence-corrected chi connectivity index (χ4v) is 1.84. The molecule has 0 aliphatic carbocycles. The van der Waals surface area contributed by atoms with E-state index in [0.29, 0.717) is 17.7 Å². The summed E-state index contributed by atoms with van der Waals surface area (Å²) in [6.07, 6.45) is 0. The molecular formula is C12H14FNO. The summed E-state index contributed by atoms with van der Waals surface area (Å²) in [5.41, 5.74) is 0.769. The van der Waals surface area contributed by atoms with Crippen LogP contribution in [0.5, 0.6) is 0 Å². The van der Waals surface area contributed by atoms with Gasteiger partial charge < -0.3 is 4.90 Å². The van der Waals surface area contributed by atoms with Crippen LogP contribution >= 0.6 is 0 Å². The molecule has 1 aliphatic heterocycles. The Morgan fingerprint density at radius 3 is 2.53 bits per heavy atom. The fraction of sp³-hybridized carbons (Fsp3) is 0.417. The number of rotatable bonds is 0. The monoisotopic (exact) mass is 207 g/mol. The van der Waals surface area contributed by atoms with Crippen LogP contribution in [-0.2, 0) is 6.54 Å². The second kappa shape index (κ2) is 3.05. The number of amides is 1. The summed E-state index contributed by atoms with van der Waals surface area (Å²) in [6, 6.07) is 4.67. The SMILES string of the molecule is CC(C)(C)N1Cc2c(F)cccc2C1=O. The molecule has 2 nitrogen and oxygen atoms in total. The number of halogens is 1. The maximum absolute atomic E-state index is 13.4. The molecule has 3 heteroatoms. The van der Waals surface area contributed by atoms with E-state index in [1.165, 1.54) is 6.07 Å². The Morgan fingerprint density at radius 1 is 1.33 bits per heavy atom. The second-order valence-electron chi connectivity index (χ2n) is 4.83. The highest BCUT2D eigenvalue weighted by atomic mass is 19.1. The molecule has 0 N–H and O–H groups in total. The average Bonchev–Trinajstić information content (AvgIpc) is 2.45. The normalized spacial score (nSPS) is 15.7. The zero-order valence-electron chi connectivity index (χ0n) is 9.17. The molecule has 2 rings (SSSR count). The fourth-order valence-electron chi connectivity index (χ4n) is 1.84. The number of hydrogen-bond donors (Lipinski definition) is 0. The van der Waals surface area contributed by atoms with Crippen molar-refractivity contribution in [1.82, 2.24) is 4.90 Å². The lowest BCUT2D eigenvalue weighted by Crippen LogP contribution is -2.41. The first kappa shape index (κ1) is 10.1. The maximum atomic E-state index is 13.4. The first-order valence-corrected chi connectivity index (χ1v) is 5.00. The summed E-state index contributed by atoms with van der Waals surface area (Å²) < 4.78 is 13.4. The van der Waals surface area contributed by atoms with Crippen molar-refractivity contribution in [3.8, 4) is 0 Å². The van der Waals surface area contributed by atoms with E-state index in [-0.39, 0.29) is 17.3 Å². The van der Waals surface area contributed by atoms with Gasteiger partial charge in [-0.1, -0.05) is 6.07 Å². The van der Waals surface area contributed by atoms with Crippen LogP contribution in [0.25, 0.3) is 0 Å². The van der Waals surface area contributed by atoms with Gasteiger partial charge in [-0.2, -0.15) is 0 Å². The van der Waals surface area contributed by atoms with Gasteiger partial charge in [0.15, 0.2) is 0 Å². The summed E-state index contributed by atoms with van der Waals surface area (Å²) in [6.45, 7) is 6.24. The van der Waals surface area contributed by atoms with Gasteiger partial charge in [0.1, 0.15) is 5.82 Å². The lowest BCUT2D eigenvalue weighted by atomic mass is 10.1. The van der Waals surface area contributed by atoms with Crippen LogP contribution in [0.1, 0.15) is 36.7 Å². The predicted molar refractivity (Wildman–Crippen MR) is 56.0 cm³/mol. The van der Waals surface area contributed by atoms with Crippen LogP contribution in [0.3, 0.4) is 0 Å². The molecule has 0 saturated heterocycles. The highest BCUT2D eigenvalue weighted by molar-refractivity contribution is 5.98. The highest BCUT2D eigenvalue weighted by Gasteiger charge is 2.35. The minimum absolute atomic E-state index is 0.0722. The van der Waals surface area contributed by atoms with Crippen LogP contribution < -0.4 is 0 Å². The molecule has 15 heavy (non-hydrogen) atoms. The molecule has 0 bridgehead atoms. The van der Waals surface area contributed by atoms with E-state index in [2.05, 4.69) is 0 Å². The van der Waals surface area contributed by atoms with Gasteiger partial charge in [-0.05, 0) is 32.9 Å². The standard InChI is InChI=1S/C12H14FNO/c1-12(2,3)14-7-9-8(11(14)15)5-4-6-10(9)13/h4-6H,7H2,1-3H3. The first-order chi connectivity index (χ1) is 6.91. The largest absolute Gasteiger partial charge is 0.329 e.